The third kappa shape index (κ3) is 17.0. The Hall–Kier alpha value is -10.5. The zero-order valence-electron chi connectivity index (χ0n) is 59.8. The van der Waals surface area contributed by atoms with Gasteiger partial charge in [0.05, 0.1) is 30.1 Å². The molecule has 13 rings (SSSR count). The third-order valence-corrected chi connectivity index (χ3v) is 19.6. The minimum absolute atomic E-state index is 0.0504. The number of fused-ring (bicyclic) bond motifs is 15. The first-order chi connectivity index (χ1) is 51.4. The molecule has 21 N–H and O–H groups in total. The van der Waals surface area contributed by atoms with Crippen LogP contribution in [0.15, 0.2) is 91.0 Å². The quantitative estimate of drug-likeness (QED) is 0.0625. The zero-order chi connectivity index (χ0) is 79.2. The van der Waals surface area contributed by atoms with Gasteiger partial charge in [0.15, 0.2) is 47.8 Å². The van der Waals surface area contributed by atoms with Crippen molar-refractivity contribution in [1.82, 2.24) is 37.2 Å². The summed E-state index contributed by atoms with van der Waals surface area (Å²) < 4.78 is 51.3. The molecular formula is C73H86N10O26. The van der Waals surface area contributed by atoms with Crippen LogP contribution in [-0.2, 0) is 71.6 Å². The number of carboxylic acids is 1. The molecule has 0 aliphatic carbocycles. The monoisotopic (exact) mass is 1520 g/mol. The number of aliphatic hydroxyl groups is 4. The number of carbonyl (C=O) groups excluding carboxylic acids is 9. The highest BCUT2D eigenvalue weighted by Gasteiger charge is 2.52. The molecular weight excluding hydrogens is 1430 g/mol. The van der Waals surface area contributed by atoms with E-state index in [4.69, 9.17) is 55.1 Å². The molecule has 0 spiro atoms. The van der Waals surface area contributed by atoms with E-state index in [9.17, 15) is 69.6 Å². The van der Waals surface area contributed by atoms with Crippen molar-refractivity contribution in [2.45, 2.75) is 188 Å². The standard InChI is InChI=1S/C73H86N10O26/c1-28(2)18-40(77-7)64(94)82-54-56(89)31-8-13-36(14-9-31)104-44-20-34-21-45(60(44)109-71-61(58(91)57(90)46(27-84)106-71)108-49-26-73(6,76)63(93)30(4)103-49)105-37-15-10-32(11-16-37)59(107-48-25-72(5,75)62(92)29(3)102-48)55-69(99)81-53(70(100)101)39-22-35(85)23-43(87)50(39)38-19-33(12-17-42(38)86)51(66(96)83-55)80-67(97)52(34)79-65(95)41(24-47(74)88)78-68(54)98/h8-17,19-23,28-30,40-41,46,48-49,51-59,61,71,77,84-87,89-91H,18,24-27,75-76H2,1-7H3,(H2,74,88)(H,78,98)(H,79,95)(H,80,97)(H,81,99)(H,82,94)(H,83,96)(H,100,101)/t29-,30-,40+,41?,46+,48-,49-,51+,52+,53+,54+,55-,56+,57+,58-,59+,61+,71-,72-,73-/m0/s1. The van der Waals surface area contributed by atoms with E-state index in [0.29, 0.717) is 0 Å². The molecule has 5 aromatic carbocycles. The molecule has 0 radical (unpaired) electrons. The number of benzene rings is 5. The van der Waals surface area contributed by atoms with Crippen molar-refractivity contribution in [3.63, 3.8) is 0 Å². The van der Waals surface area contributed by atoms with Crippen molar-refractivity contribution in [1.29, 1.82) is 0 Å². The van der Waals surface area contributed by atoms with Gasteiger partial charge < -0.3 is 133 Å². The van der Waals surface area contributed by atoms with Crippen molar-refractivity contribution in [2.24, 2.45) is 23.1 Å². The fraction of sp³-hybridized carbons (Fsp3) is 0.452. The van der Waals surface area contributed by atoms with E-state index >= 15 is 19.2 Å². The summed E-state index contributed by atoms with van der Waals surface area (Å²) in [4.78, 5) is 146. The number of nitrogens with two attached hydrogens (primary N) is 3. The number of amides is 7. The van der Waals surface area contributed by atoms with Crippen molar-refractivity contribution in [3.8, 4) is 57.1 Å². The summed E-state index contributed by atoms with van der Waals surface area (Å²) in [5, 5.41) is 110. The maximum Gasteiger partial charge on any atom is 0.330 e. The Bertz CT molecular complexity index is 4370. The number of phenols is 3. The number of likely N-dealkylation sites (N-methyl/N-ethyl adjacent to an activating group) is 1. The Morgan fingerprint density at radius 3 is 1.77 bits per heavy atom. The lowest BCUT2D eigenvalue weighted by Crippen LogP contribution is -2.63. The Morgan fingerprint density at radius 2 is 1.21 bits per heavy atom. The number of aliphatic hydroxyl groups excluding tert-OH is 4. The number of ether oxygens (including phenoxy) is 8. The minimum atomic E-state index is -2.32. The van der Waals surface area contributed by atoms with Crippen LogP contribution in [0.1, 0.15) is 125 Å². The molecule has 11 bridgehead atoms. The van der Waals surface area contributed by atoms with Gasteiger partial charge >= 0.3 is 5.97 Å². The number of rotatable bonds is 15. The normalized spacial score (nSPS) is 31.1. The lowest BCUT2D eigenvalue weighted by molar-refractivity contribution is -0.323. The maximum atomic E-state index is 16.3. The Labute approximate surface area is 621 Å². The number of carbonyl (C=O) groups is 10. The lowest BCUT2D eigenvalue weighted by Gasteiger charge is -2.45. The molecule has 8 aliphatic rings. The Kier molecular flexibility index (Phi) is 23.4. The lowest BCUT2D eigenvalue weighted by atomic mass is 9.88. The molecule has 20 atom stereocenters. The van der Waals surface area contributed by atoms with E-state index in [2.05, 4.69) is 37.2 Å². The first-order valence-corrected chi connectivity index (χ1v) is 34.8. The van der Waals surface area contributed by atoms with Gasteiger partial charge in [0.1, 0.15) is 102 Å². The predicted octanol–water partition coefficient (Wildman–Crippen LogP) is -0.547. The highest BCUT2D eigenvalue weighted by Crippen LogP contribution is 2.49. The second-order valence-electron chi connectivity index (χ2n) is 28.5. The number of aromatic hydroxyl groups is 3. The number of ketones is 2. The fourth-order valence-corrected chi connectivity index (χ4v) is 13.9. The summed E-state index contributed by atoms with van der Waals surface area (Å²) in [5.41, 5.74) is 13.1. The minimum Gasteiger partial charge on any atom is -0.508 e. The predicted molar refractivity (Wildman–Crippen MR) is 374 cm³/mol. The van der Waals surface area contributed by atoms with Crippen LogP contribution in [-0.4, -0.2) is 204 Å². The molecule has 8 heterocycles. The Balaban J connectivity index is 1.17. The molecule has 109 heavy (non-hydrogen) atoms. The van der Waals surface area contributed by atoms with Crippen LogP contribution in [0, 0.1) is 5.92 Å². The highest BCUT2D eigenvalue weighted by atomic mass is 16.8. The molecule has 584 valence electrons. The van der Waals surface area contributed by atoms with Crippen LogP contribution in [0.5, 0.6) is 46.0 Å². The molecule has 3 saturated heterocycles. The zero-order valence-corrected chi connectivity index (χ0v) is 59.8. The van der Waals surface area contributed by atoms with Gasteiger partial charge in [0.25, 0.3) is 0 Å². The summed E-state index contributed by atoms with van der Waals surface area (Å²) in [7, 11) is 1.49. The number of primary amides is 1. The van der Waals surface area contributed by atoms with Gasteiger partial charge in [-0.05, 0) is 124 Å². The van der Waals surface area contributed by atoms with Crippen molar-refractivity contribution < 1.29 is 127 Å². The third-order valence-electron chi connectivity index (χ3n) is 19.6. The molecule has 36 heteroatoms. The van der Waals surface area contributed by atoms with Gasteiger partial charge in [0, 0.05) is 35.6 Å². The highest BCUT2D eigenvalue weighted by molar-refractivity contribution is 6.01. The number of nitrogens with one attached hydrogen (secondary N) is 7. The SMILES string of the molecule is CN[C@H](CC(C)C)C(=O)N[C@H]1C(=O)NC(CC(N)=O)C(=O)N[C@H]2C(=O)N[C@H]3C(=O)N[C@H](C(=O)N[C@@H](C(=O)O)c4cc(O)cc(O)c4-c4cc3ccc4O)[C@H](O[C@H]3C[C@](C)(N)C(=O)[C@H](C)O3)c3ccc(cc3)Oc3cc2cc(c3O[C@@H]2O[C@H](CO)[C@@H](O)[C@H](O)[C@H]2O[C@H]2C[C@](C)(N)C(=O)[C@H](C)O2)Oc2ccc(cc2)[C@H]1O. The number of Topliss-reactive ketones (excluding diaryl/α,β-unsaturated/α-hetero) is 2. The maximum absolute atomic E-state index is 16.3. The molecule has 0 saturated carbocycles. The first kappa shape index (κ1) is 79.6. The van der Waals surface area contributed by atoms with Crippen molar-refractivity contribution in [3.05, 3.63) is 119 Å². The second-order valence-corrected chi connectivity index (χ2v) is 28.5. The summed E-state index contributed by atoms with van der Waals surface area (Å²) in [6.45, 7) is 8.29. The largest absolute Gasteiger partial charge is 0.508 e. The average molecular weight is 1520 g/mol. The van der Waals surface area contributed by atoms with Crippen LogP contribution in [0.3, 0.4) is 0 Å². The molecule has 7 amide bonds. The van der Waals surface area contributed by atoms with E-state index in [0.717, 1.165) is 42.5 Å². The smallest absolute Gasteiger partial charge is 0.330 e. The van der Waals surface area contributed by atoms with Crippen LogP contribution in [0.2, 0.25) is 0 Å². The number of phenolic OH excluding ortho intramolecular Hbond substituents is 3. The Morgan fingerprint density at radius 1 is 0.651 bits per heavy atom. The van der Waals surface area contributed by atoms with Crippen LogP contribution in [0.25, 0.3) is 11.1 Å². The number of hydrogen-bond donors (Lipinski definition) is 18. The summed E-state index contributed by atoms with van der Waals surface area (Å²) in [6.07, 6.45) is -20.4. The molecule has 8 aliphatic heterocycles. The van der Waals surface area contributed by atoms with Crippen molar-refractivity contribution in [2.75, 3.05) is 13.7 Å². The molecule has 1 unspecified atom stereocenters. The van der Waals surface area contributed by atoms with Crippen LogP contribution in [0.4, 0.5) is 0 Å². The van der Waals surface area contributed by atoms with E-state index in [1.54, 1.807) is 0 Å². The first-order valence-electron chi connectivity index (χ1n) is 34.8. The van der Waals surface area contributed by atoms with Gasteiger partial charge in [-0.1, -0.05) is 44.2 Å². The number of hydrogen-bond acceptors (Lipinski definition) is 28. The van der Waals surface area contributed by atoms with Crippen LogP contribution >= 0.6 is 0 Å². The van der Waals surface area contributed by atoms with Gasteiger partial charge in [-0.2, -0.15) is 0 Å². The van der Waals surface area contributed by atoms with Gasteiger partial charge in [-0.25, -0.2) is 4.79 Å². The van der Waals surface area contributed by atoms with Gasteiger partial charge in [-0.3, -0.25) is 43.2 Å². The van der Waals surface area contributed by atoms with E-state index in [1.807, 2.05) is 13.8 Å². The molecule has 0 aromatic heterocycles. The van der Waals surface area contributed by atoms with Crippen molar-refractivity contribution >= 4 is 58.9 Å². The van der Waals surface area contributed by atoms with Gasteiger partial charge in [0.2, 0.25) is 53.4 Å². The molecule has 3 fully saturated rings. The van der Waals surface area contributed by atoms with E-state index < -0.39 is 256 Å². The summed E-state index contributed by atoms with van der Waals surface area (Å²) in [6, 6.07) is 3.19. The van der Waals surface area contributed by atoms with E-state index in [-0.39, 0.29) is 46.9 Å². The number of aliphatic carboxylic acids is 1. The second kappa shape index (κ2) is 32.0. The average Bonchev–Trinajstić information content (AvgIpc) is 0.766. The fourth-order valence-electron chi connectivity index (χ4n) is 13.9. The van der Waals surface area contributed by atoms with E-state index in [1.165, 1.54) is 83.3 Å². The topological polar surface area (TPSA) is 569 Å². The summed E-state index contributed by atoms with van der Waals surface area (Å²) in [5.74, 6) is -16.2. The summed E-state index contributed by atoms with van der Waals surface area (Å²) >= 11 is 0. The number of carboxylic acid groups (broad SMARTS) is 1. The van der Waals surface area contributed by atoms with Gasteiger partial charge in [-0.15, -0.1) is 0 Å². The molecule has 5 aromatic rings. The van der Waals surface area contributed by atoms with Crippen LogP contribution < -0.4 is 68.6 Å². The molecule has 36 nitrogen and oxygen atoms in total.